The number of rotatable bonds is 7. The number of guanidine groups is 1. The van der Waals surface area contributed by atoms with Crippen LogP contribution in [0.5, 0.6) is 11.5 Å². The first kappa shape index (κ1) is 24.8. The Hall–Kier alpha value is -2.49. The first-order chi connectivity index (χ1) is 14.7. The fourth-order valence-electron chi connectivity index (χ4n) is 3.40. The van der Waals surface area contributed by atoms with E-state index in [1.165, 1.54) is 0 Å². The van der Waals surface area contributed by atoms with Gasteiger partial charge in [-0.2, -0.15) is 0 Å². The number of aliphatic imine (C=N–C) groups is 1. The van der Waals surface area contributed by atoms with Gasteiger partial charge in [0, 0.05) is 51.6 Å². The van der Waals surface area contributed by atoms with Gasteiger partial charge in [-0.05, 0) is 36.4 Å². The van der Waals surface area contributed by atoms with Crippen LogP contribution in [0.3, 0.4) is 0 Å². The number of nitrogens with one attached hydrogen (secondary N) is 2. The summed E-state index contributed by atoms with van der Waals surface area (Å²) in [6.45, 7) is 2.89. The van der Waals surface area contributed by atoms with E-state index < -0.39 is 0 Å². The van der Waals surface area contributed by atoms with Crippen molar-refractivity contribution in [3.8, 4) is 11.5 Å². The number of likely N-dealkylation sites (tertiary alicyclic amines) is 1. The molecular formula is C23H31IN4O3. The third-order valence-corrected chi connectivity index (χ3v) is 5.05. The molecule has 3 rings (SSSR count). The van der Waals surface area contributed by atoms with Gasteiger partial charge in [0.15, 0.2) is 5.96 Å². The molecule has 0 aromatic heterocycles. The van der Waals surface area contributed by atoms with E-state index >= 15 is 0 Å². The lowest BCUT2D eigenvalue weighted by Gasteiger charge is -2.34. The first-order valence-electron chi connectivity index (χ1n) is 10.3. The van der Waals surface area contributed by atoms with Crippen molar-refractivity contribution in [3.05, 3.63) is 60.2 Å². The van der Waals surface area contributed by atoms with Crippen LogP contribution in [0.4, 0.5) is 0 Å². The molecule has 1 saturated heterocycles. The SMILES string of the molecule is CN=C(NCCNC(=O)c1ccc(OC)cc1)N1CCC(Oc2ccccc2)CC1.I. The zero-order valence-electron chi connectivity index (χ0n) is 18.0. The molecule has 0 saturated carbocycles. The predicted octanol–water partition coefficient (Wildman–Crippen LogP) is 3.16. The molecule has 0 radical (unpaired) electrons. The Bertz CT molecular complexity index is 822. The summed E-state index contributed by atoms with van der Waals surface area (Å²) in [5, 5.41) is 6.25. The Labute approximate surface area is 201 Å². The van der Waals surface area contributed by atoms with Gasteiger partial charge in [-0.1, -0.05) is 18.2 Å². The lowest BCUT2D eigenvalue weighted by molar-refractivity contribution is 0.0954. The zero-order valence-corrected chi connectivity index (χ0v) is 20.4. The molecule has 0 unspecified atom stereocenters. The normalized spacial score (nSPS) is 14.4. The van der Waals surface area contributed by atoms with E-state index in [0.717, 1.165) is 43.4 Å². The molecule has 1 heterocycles. The number of piperidine rings is 1. The van der Waals surface area contributed by atoms with E-state index in [1.807, 2.05) is 30.3 Å². The second-order valence-electron chi connectivity index (χ2n) is 7.08. The first-order valence-corrected chi connectivity index (χ1v) is 10.3. The van der Waals surface area contributed by atoms with E-state index in [0.29, 0.717) is 18.7 Å². The van der Waals surface area contributed by atoms with E-state index in [4.69, 9.17) is 9.47 Å². The van der Waals surface area contributed by atoms with Crippen molar-refractivity contribution < 1.29 is 14.3 Å². The lowest BCUT2D eigenvalue weighted by atomic mass is 10.1. The van der Waals surface area contributed by atoms with Gasteiger partial charge in [0.2, 0.25) is 0 Å². The molecule has 2 aromatic rings. The molecule has 31 heavy (non-hydrogen) atoms. The van der Waals surface area contributed by atoms with Gasteiger partial charge in [0.25, 0.3) is 5.91 Å². The number of carbonyl (C=O) groups excluding carboxylic acids is 1. The van der Waals surface area contributed by atoms with Crippen LogP contribution in [0.25, 0.3) is 0 Å². The second kappa shape index (κ2) is 13.0. The number of amides is 1. The molecule has 1 aliphatic rings. The van der Waals surface area contributed by atoms with Crippen LogP contribution in [0.15, 0.2) is 59.6 Å². The molecule has 1 amide bonds. The van der Waals surface area contributed by atoms with Gasteiger partial charge in [-0.3, -0.25) is 9.79 Å². The highest BCUT2D eigenvalue weighted by Crippen LogP contribution is 2.18. The summed E-state index contributed by atoms with van der Waals surface area (Å²) < 4.78 is 11.2. The summed E-state index contributed by atoms with van der Waals surface area (Å²) in [7, 11) is 3.39. The van der Waals surface area contributed by atoms with Crippen molar-refractivity contribution in [2.24, 2.45) is 4.99 Å². The number of carbonyl (C=O) groups is 1. The average Bonchev–Trinajstić information content (AvgIpc) is 2.80. The molecule has 0 atom stereocenters. The standard InChI is InChI=1S/C23H30N4O3.HI/c1-24-23(26-15-14-25-22(28)18-8-10-19(29-2)11-9-18)27-16-12-21(13-17-27)30-20-6-4-3-5-7-20;/h3-11,21H,12-17H2,1-2H3,(H,24,26)(H,25,28);1H. The van der Waals surface area contributed by atoms with E-state index in [2.05, 4.69) is 20.5 Å². The maximum atomic E-state index is 12.2. The van der Waals surface area contributed by atoms with Crippen LogP contribution >= 0.6 is 24.0 Å². The monoisotopic (exact) mass is 538 g/mol. The molecule has 2 N–H and O–H groups in total. The summed E-state index contributed by atoms with van der Waals surface area (Å²) in [4.78, 5) is 18.8. The Morgan fingerprint density at radius 2 is 1.65 bits per heavy atom. The van der Waals surface area contributed by atoms with Crippen molar-refractivity contribution in [1.29, 1.82) is 0 Å². The second-order valence-corrected chi connectivity index (χ2v) is 7.08. The van der Waals surface area contributed by atoms with E-state index in [-0.39, 0.29) is 36.0 Å². The van der Waals surface area contributed by atoms with Gasteiger partial charge in [-0.25, -0.2) is 0 Å². The van der Waals surface area contributed by atoms with Crippen LogP contribution < -0.4 is 20.1 Å². The van der Waals surface area contributed by atoms with Crippen LogP contribution in [-0.4, -0.2) is 63.2 Å². The van der Waals surface area contributed by atoms with Crippen LogP contribution in [0.1, 0.15) is 23.2 Å². The minimum atomic E-state index is -0.103. The molecule has 0 spiro atoms. The molecule has 2 aromatic carbocycles. The van der Waals surface area contributed by atoms with Crippen molar-refractivity contribution in [1.82, 2.24) is 15.5 Å². The molecule has 1 fully saturated rings. The minimum Gasteiger partial charge on any atom is -0.497 e. The van der Waals surface area contributed by atoms with Crippen LogP contribution in [0, 0.1) is 0 Å². The van der Waals surface area contributed by atoms with Gasteiger partial charge in [0.05, 0.1) is 7.11 Å². The summed E-state index contributed by atoms with van der Waals surface area (Å²) in [6, 6.07) is 17.0. The fourth-order valence-corrected chi connectivity index (χ4v) is 3.40. The molecule has 0 bridgehead atoms. The topological polar surface area (TPSA) is 75.2 Å². The summed E-state index contributed by atoms with van der Waals surface area (Å²) in [6.07, 6.45) is 2.12. The maximum absolute atomic E-state index is 12.2. The summed E-state index contributed by atoms with van der Waals surface area (Å²) >= 11 is 0. The number of ether oxygens (including phenoxy) is 2. The van der Waals surface area contributed by atoms with Crippen LogP contribution in [0.2, 0.25) is 0 Å². The Morgan fingerprint density at radius 1 is 1.00 bits per heavy atom. The smallest absolute Gasteiger partial charge is 0.251 e. The highest BCUT2D eigenvalue weighted by molar-refractivity contribution is 14.0. The number of para-hydroxylation sites is 1. The molecule has 8 heteroatoms. The van der Waals surface area contributed by atoms with Gasteiger partial charge in [0.1, 0.15) is 17.6 Å². The van der Waals surface area contributed by atoms with Crippen molar-refractivity contribution in [2.75, 3.05) is 40.3 Å². The third-order valence-electron chi connectivity index (χ3n) is 5.05. The summed E-state index contributed by atoms with van der Waals surface area (Å²) in [5.74, 6) is 2.40. The average molecular weight is 538 g/mol. The van der Waals surface area contributed by atoms with Crippen molar-refractivity contribution in [2.45, 2.75) is 18.9 Å². The van der Waals surface area contributed by atoms with Crippen molar-refractivity contribution in [3.63, 3.8) is 0 Å². The largest absolute Gasteiger partial charge is 0.497 e. The van der Waals surface area contributed by atoms with Crippen LogP contribution in [-0.2, 0) is 0 Å². The van der Waals surface area contributed by atoms with Crippen molar-refractivity contribution >= 4 is 35.8 Å². The highest BCUT2D eigenvalue weighted by Gasteiger charge is 2.22. The molecule has 168 valence electrons. The summed E-state index contributed by atoms with van der Waals surface area (Å²) in [5.41, 5.74) is 0.612. The maximum Gasteiger partial charge on any atom is 0.251 e. The number of hydrogen-bond acceptors (Lipinski definition) is 4. The highest BCUT2D eigenvalue weighted by atomic mass is 127. The van der Waals surface area contributed by atoms with Gasteiger partial charge >= 0.3 is 0 Å². The quantitative estimate of drug-likeness (QED) is 0.245. The number of benzene rings is 2. The number of hydrogen-bond donors (Lipinski definition) is 2. The van der Waals surface area contributed by atoms with E-state index in [9.17, 15) is 4.79 Å². The number of methoxy groups -OCH3 is 1. The predicted molar refractivity (Wildman–Crippen MR) is 134 cm³/mol. The number of halogens is 1. The Kier molecular flexibility index (Phi) is 10.4. The lowest BCUT2D eigenvalue weighted by Crippen LogP contribution is -2.48. The molecule has 7 nitrogen and oxygen atoms in total. The zero-order chi connectivity index (χ0) is 21.2. The molecule has 1 aliphatic heterocycles. The molecular weight excluding hydrogens is 507 g/mol. The fraction of sp³-hybridized carbons (Fsp3) is 0.391. The van der Waals surface area contributed by atoms with Gasteiger partial charge < -0.3 is 25.0 Å². The number of nitrogens with zero attached hydrogens (tertiary/aromatic N) is 2. The van der Waals surface area contributed by atoms with Gasteiger partial charge in [-0.15, -0.1) is 24.0 Å². The Balaban J connectivity index is 0.00000341. The molecule has 0 aliphatic carbocycles. The third kappa shape index (κ3) is 7.61. The van der Waals surface area contributed by atoms with E-state index in [1.54, 1.807) is 38.4 Å². The minimum absolute atomic E-state index is 0. The Morgan fingerprint density at radius 3 is 2.26 bits per heavy atom.